The van der Waals surface area contributed by atoms with Gasteiger partial charge in [0, 0.05) is 50.7 Å². The van der Waals surface area contributed by atoms with E-state index in [0.717, 1.165) is 24.2 Å². The maximum absolute atomic E-state index is 12.9. The summed E-state index contributed by atoms with van der Waals surface area (Å²) in [5, 5.41) is 11.1. The van der Waals surface area contributed by atoms with Crippen LogP contribution in [-0.4, -0.2) is 67.8 Å². The SMILES string of the molecule is CCn1cc(C(=O)N2CCCN(C(=O)c3ccc(-c4ccn[nH]4)cc3)CC2)cn1. The van der Waals surface area contributed by atoms with E-state index >= 15 is 0 Å². The molecule has 0 atom stereocenters. The van der Waals surface area contributed by atoms with E-state index in [1.807, 2.05) is 47.1 Å². The smallest absolute Gasteiger partial charge is 0.257 e. The summed E-state index contributed by atoms with van der Waals surface area (Å²) in [7, 11) is 0. The van der Waals surface area contributed by atoms with E-state index in [-0.39, 0.29) is 11.8 Å². The molecule has 8 nitrogen and oxygen atoms in total. The Bertz CT molecular complexity index is 977. The molecule has 2 amide bonds. The minimum atomic E-state index is -0.0251. The lowest BCUT2D eigenvalue weighted by atomic mass is 10.1. The van der Waals surface area contributed by atoms with Crippen molar-refractivity contribution in [3.63, 3.8) is 0 Å². The Labute approximate surface area is 169 Å². The highest BCUT2D eigenvalue weighted by molar-refractivity contribution is 5.95. The highest BCUT2D eigenvalue weighted by atomic mass is 16.2. The number of carbonyl (C=O) groups excluding carboxylic acids is 2. The molecule has 3 heterocycles. The van der Waals surface area contributed by atoms with Crippen molar-refractivity contribution in [3.05, 3.63) is 60.0 Å². The lowest BCUT2D eigenvalue weighted by Crippen LogP contribution is -2.37. The summed E-state index contributed by atoms with van der Waals surface area (Å²) >= 11 is 0. The highest BCUT2D eigenvalue weighted by Gasteiger charge is 2.24. The number of rotatable bonds is 4. The van der Waals surface area contributed by atoms with Crippen molar-refractivity contribution in [3.8, 4) is 11.3 Å². The largest absolute Gasteiger partial charge is 0.337 e. The fourth-order valence-electron chi connectivity index (χ4n) is 3.54. The van der Waals surface area contributed by atoms with Crippen LogP contribution in [0.25, 0.3) is 11.3 Å². The molecule has 0 radical (unpaired) electrons. The van der Waals surface area contributed by atoms with Gasteiger partial charge in [-0.3, -0.25) is 19.4 Å². The lowest BCUT2D eigenvalue weighted by Gasteiger charge is -2.22. The molecule has 4 rings (SSSR count). The van der Waals surface area contributed by atoms with Crippen LogP contribution in [0.4, 0.5) is 0 Å². The van der Waals surface area contributed by atoms with E-state index in [0.29, 0.717) is 37.3 Å². The Kier molecular flexibility index (Phi) is 5.41. The molecule has 1 N–H and O–H groups in total. The first-order chi connectivity index (χ1) is 14.2. The normalized spacial score (nSPS) is 14.7. The predicted molar refractivity (Wildman–Crippen MR) is 108 cm³/mol. The number of aromatic nitrogens is 4. The lowest BCUT2D eigenvalue weighted by molar-refractivity contribution is 0.0718. The second kappa shape index (κ2) is 8.30. The molecule has 150 valence electrons. The number of carbonyl (C=O) groups is 2. The Hall–Kier alpha value is -3.42. The zero-order valence-corrected chi connectivity index (χ0v) is 16.4. The minimum Gasteiger partial charge on any atom is -0.337 e. The molecule has 8 heteroatoms. The summed E-state index contributed by atoms with van der Waals surface area (Å²) in [6.45, 7) is 5.04. The first-order valence-electron chi connectivity index (χ1n) is 9.86. The van der Waals surface area contributed by atoms with E-state index in [1.54, 1.807) is 23.3 Å². The molecule has 29 heavy (non-hydrogen) atoms. The molecular formula is C21H24N6O2. The second-order valence-corrected chi connectivity index (χ2v) is 7.07. The van der Waals surface area contributed by atoms with Gasteiger partial charge in [0.2, 0.25) is 0 Å². The van der Waals surface area contributed by atoms with Crippen LogP contribution in [0.5, 0.6) is 0 Å². The number of H-pyrrole nitrogens is 1. The van der Waals surface area contributed by atoms with E-state index in [9.17, 15) is 9.59 Å². The number of amides is 2. The van der Waals surface area contributed by atoms with Gasteiger partial charge >= 0.3 is 0 Å². The zero-order valence-electron chi connectivity index (χ0n) is 16.4. The summed E-state index contributed by atoms with van der Waals surface area (Å²) in [5.41, 5.74) is 3.15. The first kappa shape index (κ1) is 18.9. The second-order valence-electron chi connectivity index (χ2n) is 7.07. The van der Waals surface area contributed by atoms with Crippen molar-refractivity contribution in [2.75, 3.05) is 26.2 Å². The number of hydrogen-bond acceptors (Lipinski definition) is 4. The van der Waals surface area contributed by atoms with Crippen LogP contribution >= 0.6 is 0 Å². The third-order valence-corrected chi connectivity index (χ3v) is 5.22. The maximum atomic E-state index is 12.9. The number of hydrogen-bond donors (Lipinski definition) is 1. The molecule has 1 aromatic carbocycles. The van der Waals surface area contributed by atoms with Crippen LogP contribution < -0.4 is 0 Å². The van der Waals surface area contributed by atoms with Crippen LogP contribution in [0.1, 0.15) is 34.1 Å². The highest BCUT2D eigenvalue weighted by Crippen LogP contribution is 2.18. The maximum Gasteiger partial charge on any atom is 0.257 e. The molecule has 0 bridgehead atoms. The summed E-state index contributed by atoms with van der Waals surface area (Å²) in [5.74, 6) is -0.0304. The number of benzene rings is 1. The van der Waals surface area contributed by atoms with Gasteiger partial charge in [-0.1, -0.05) is 12.1 Å². The summed E-state index contributed by atoms with van der Waals surface area (Å²) in [6, 6.07) is 9.40. The molecule has 0 aliphatic carbocycles. The molecule has 0 unspecified atom stereocenters. The van der Waals surface area contributed by atoms with Crippen LogP contribution in [0.15, 0.2) is 48.9 Å². The summed E-state index contributed by atoms with van der Waals surface area (Å²) < 4.78 is 1.74. The number of nitrogens with one attached hydrogen (secondary N) is 1. The van der Waals surface area contributed by atoms with E-state index in [4.69, 9.17) is 0 Å². The molecule has 1 saturated heterocycles. The fourth-order valence-corrected chi connectivity index (χ4v) is 3.54. The molecule has 0 saturated carbocycles. The molecular weight excluding hydrogens is 368 g/mol. The number of aromatic amines is 1. The van der Waals surface area contributed by atoms with Gasteiger partial charge in [-0.15, -0.1) is 0 Å². The van der Waals surface area contributed by atoms with Gasteiger partial charge in [0.05, 0.1) is 17.5 Å². The van der Waals surface area contributed by atoms with Crippen LogP contribution in [-0.2, 0) is 6.54 Å². The Balaban J connectivity index is 1.40. The first-order valence-corrected chi connectivity index (χ1v) is 9.86. The Morgan fingerprint density at radius 1 is 0.966 bits per heavy atom. The molecule has 0 spiro atoms. The third-order valence-electron chi connectivity index (χ3n) is 5.22. The van der Waals surface area contributed by atoms with Crippen LogP contribution in [0.2, 0.25) is 0 Å². The van der Waals surface area contributed by atoms with Gasteiger partial charge in [0.15, 0.2) is 0 Å². The van der Waals surface area contributed by atoms with Gasteiger partial charge in [-0.05, 0) is 37.1 Å². The van der Waals surface area contributed by atoms with Gasteiger partial charge < -0.3 is 9.80 Å². The summed E-state index contributed by atoms with van der Waals surface area (Å²) in [6.07, 6.45) is 5.84. The quantitative estimate of drug-likeness (QED) is 0.738. The number of nitrogens with zero attached hydrogens (tertiary/aromatic N) is 5. The van der Waals surface area contributed by atoms with E-state index < -0.39 is 0 Å². The van der Waals surface area contributed by atoms with Crippen molar-refractivity contribution in [2.24, 2.45) is 0 Å². The summed E-state index contributed by atoms with van der Waals surface area (Å²) in [4.78, 5) is 29.3. The molecule has 2 aromatic heterocycles. The fraction of sp³-hybridized carbons (Fsp3) is 0.333. The molecule has 3 aromatic rings. The molecule has 1 fully saturated rings. The van der Waals surface area contributed by atoms with Gasteiger partial charge in [-0.2, -0.15) is 10.2 Å². The van der Waals surface area contributed by atoms with Gasteiger partial charge in [0.1, 0.15) is 0 Å². The van der Waals surface area contributed by atoms with Gasteiger partial charge in [-0.25, -0.2) is 0 Å². The van der Waals surface area contributed by atoms with Gasteiger partial charge in [0.25, 0.3) is 11.8 Å². The van der Waals surface area contributed by atoms with Crippen molar-refractivity contribution in [2.45, 2.75) is 19.9 Å². The Morgan fingerprint density at radius 2 is 1.66 bits per heavy atom. The Morgan fingerprint density at radius 3 is 2.24 bits per heavy atom. The molecule has 1 aliphatic rings. The van der Waals surface area contributed by atoms with E-state index in [1.165, 1.54) is 0 Å². The van der Waals surface area contributed by atoms with Crippen molar-refractivity contribution < 1.29 is 9.59 Å². The van der Waals surface area contributed by atoms with Crippen molar-refractivity contribution in [1.29, 1.82) is 0 Å². The zero-order chi connectivity index (χ0) is 20.2. The minimum absolute atomic E-state index is 0.00531. The average molecular weight is 392 g/mol. The van der Waals surface area contributed by atoms with Crippen LogP contribution in [0.3, 0.4) is 0 Å². The van der Waals surface area contributed by atoms with Crippen molar-refractivity contribution in [1.82, 2.24) is 29.8 Å². The predicted octanol–water partition coefficient (Wildman–Crippen LogP) is 2.28. The monoisotopic (exact) mass is 392 g/mol. The van der Waals surface area contributed by atoms with E-state index in [2.05, 4.69) is 15.3 Å². The number of aryl methyl sites for hydroxylation is 1. The standard InChI is InChI=1S/C21H24N6O2/c1-2-27-15-18(14-23-27)21(29)26-11-3-10-25(12-13-26)20(28)17-6-4-16(5-7-17)19-8-9-22-24-19/h4-9,14-15H,2-3,10-13H2,1H3,(H,22,24). The third kappa shape index (κ3) is 4.06. The average Bonchev–Trinajstić information content (AvgIpc) is 3.41. The van der Waals surface area contributed by atoms with Crippen molar-refractivity contribution >= 4 is 11.8 Å². The molecule has 1 aliphatic heterocycles. The topological polar surface area (TPSA) is 87.1 Å². The van der Waals surface area contributed by atoms with Crippen LogP contribution in [0, 0.1) is 0 Å².